The van der Waals surface area contributed by atoms with Crippen LogP contribution in [0.3, 0.4) is 0 Å². The number of nitrogens with two attached hydrogens (primary N) is 1. The van der Waals surface area contributed by atoms with Crippen molar-refractivity contribution in [3.05, 3.63) is 21.1 Å². The third-order valence-electron chi connectivity index (χ3n) is 2.80. The van der Waals surface area contributed by atoms with Gasteiger partial charge in [0.1, 0.15) is 4.90 Å². The molecule has 0 bridgehead atoms. The molecule has 0 atom stereocenters. The second-order valence-electron chi connectivity index (χ2n) is 4.18. The number of anilines is 1. The molecule has 1 aliphatic rings. The standard InChI is InChI=1S/C11H14Br2N2O3S/c12-9-6-8(14)7-10(13)11(9)19(16,17)15-2-1-4-18-5-3-15/h6-7H,1-5,14H2. The van der Waals surface area contributed by atoms with Gasteiger partial charge in [-0.15, -0.1) is 0 Å². The van der Waals surface area contributed by atoms with Crippen LogP contribution in [0.1, 0.15) is 6.42 Å². The molecule has 8 heteroatoms. The van der Waals surface area contributed by atoms with Gasteiger partial charge < -0.3 is 10.5 Å². The van der Waals surface area contributed by atoms with Crippen LogP contribution >= 0.6 is 31.9 Å². The van der Waals surface area contributed by atoms with Gasteiger partial charge in [0, 0.05) is 34.3 Å². The van der Waals surface area contributed by atoms with E-state index >= 15 is 0 Å². The summed E-state index contributed by atoms with van der Waals surface area (Å²) in [5.74, 6) is 0. The van der Waals surface area contributed by atoms with Gasteiger partial charge in [-0.1, -0.05) is 0 Å². The Bertz CT molecular complexity index is 546. The topological polar surface area (TPSA) is 72.6 Å². The van der Waals surface area contributed by atoms with Crippen molar-refractivity contribution < 1.29 is 13.2 Å². The maximum atomic E-state index is 12.7. The van der Waals surface area contributed by atoms with Crippen molar-refractivity contribution in [3.63, 3.8) is 0 Å². The molecule has 2 N–H and O–H groups in total. The Kier molecular flexibility index (Phi) is 4.88. The Morgan fingerprint density at radius 3 is 2.42 bits per heavy atom. The number of halogens is 2. The molecule has 19 heavy (non-hydrogen) atoms. The summed E-state index contributed by atoms with van der Waals surface area (Å²) in [5, 5.41) is 0. The van der Waals surface area contributed by atoms with Crippen molar-refractivity contribution >= 4 is 47.6 Å². The van der Waals surface area contributed by atoms with Crippen LogP contribution in [-0.2, 0) is 14.8 Å². The molecule has 0 unspecified atom stereocenters. The van der Waals surface area contributed by atoms with E-state index < -0.39 is 10.0 Å². The lowest BCUT2D eigenvalue weighted by Crippen LogP contribution is -2.33. The van der Waals surface area contributed by atoms with Crippen LogP contribution in [0.25, 0.3) is 0 Å². The molecule has 2 rings (SSSR count). The Morgan fingerprint density at radius 2 is 1.79 bits per heavy atom. The quantitative estimate of drug-likeness (QED) is 0.754. The summed E-state index contributed by atoms with van der Waals surface area (Å²) in [6.07, 6.45) is 0.698. The molecule has 5 nitrogen and oxygen atoms in total. The number of ether oxygens (including phenoxy) is 1. The molecule has 1 saturated heterocycles. The molecule has 0 radical (unpaired) electrons. The van der Waals surface area contributed by atoms with Gasteiger partial charge in [0.25, 0.3) is 0 Å². The Balaban J connectivity index is 2.44. The molecule has 1 aromatic carbocycles. The largest absolute Gasteiger partial charge is 0.399 e. The van der Waals surface area contributed by atoms with Gasteiger partial charge >= 0.3 is 0 Å². The summed E-state index contributed by atoms with van der Waals surface area (Å²) < 4.78 is 33.0. The fraction of sp³-hybridized carbons (Fsp3) is 0.455. The molecule has 1 heterocycles. The monoisotopic (exact) mass is 412 g/mol. The first-order valence-electron chi connectivity index (χ1n) is 5.75. The molecule has 0 aliphatic carbocycles. The molecule has 0 amide bonds. The zero-order valence-corrected chi connectivity index (χ0v) is 14.1. The second kappa shape index (κ2) is 6.09. The lowest BCUT2D eigenvalue weighted by Gasteiger charge is -2.21. The normalized spacial score (nSPS) is 18.2. The number of nitrogen functional groups attached to an aromatic ring is 1. The first kappa shape index (κ1) is 15.2. The van der Waals surface area contributed by atoms with Gasteiger partial charge in [0.15, 0.2) is 0 Å². The minimum Gasteiger partial charge on any atom is -0.399 e. The lowest BCUT2D eigenvalue weighted by atomic mass is 10.3. The van der Waals surface area contributed by atoms with Crippen LogP contribution in [0.5, 0.6) is 0 Å². The average Bonchev–Trinajstić information content (AvgIpc) is 2.55. The molecular weight excluding hydrogens is 400 g/mol. The van der Waals surface area contributed by atoms with Crippen LogP contribution in [0.4, 0.5) is 5.69 Å². The first-order valence-corrected chi connectivity index (χ1v) is 8.78. The number of hydrogen-bond acceptors (Lipinski definition) is 4. The lowest BCUT2D eigenvalue weighted by molar-refractivity contribution is 0.148. The molecule has 0 saturated carbocycles. The molecule has 1 fully saturated rings. The second-order valence-corrected chi connectivity index (χ2v) is 7.77. The smallest absolute Gasteiger partial charge is 0.245 e. The van der Waals surface area contributed by atoms with Crippen molar-refractivity contribution in [2.45, 2.75) is 11.3 Å². The van der Waals surface area contributed by atoms with Crippen molar-refractivity contribution in [1.82, 2.24) is 4.31 Å². The molecule has 0 spiro atoms. The van der Waals surface area contributed by atoms with Crippen molar-refractivity contribution in [2.24, 2.45) is 0 Å². The van der Waals surface area contributed by atoms with E-state index in [1.807, 2.05) is 0 Å². The maximum absolute atomic E-state index is 12.7. The van der Waals surface area contributed by atoms with E-state index in [9.17, 15) is 8.42 Å². The van der Waals surface area contributed by atoms with Crippen LogP contribution in [0, 0.1) is 0 Å². The third-order valence-corrected chi connectivity index (χ3v) is 6.58. The van der Waals surface area contributed by atoms with Gasteiger partial charge in [0.05, 0.1) is 6.61 Å². The van der Waals surface area contributed by atoms with E-state index in [0.717, 1.165) is 0 Å². The Labute approximate surface area is 129 Å². The van der Waals surface area contributed by atoms with Crippen LogP contribution in [0.2, 0.25) is 0 Å². The SMILES string of the molecule is Nc1cc(Br)c(S(=O)(=O)N2CCCOCC2)c(Br)c1. The van der Waals surface area contributed by atoms with E-state index in [1.54, 1.807) is 12.1 Å². The predicted molar refractivity (Wildman–Crippen MR) is 80.4 cm³/mol. The minimum atomic E-state index is -3.56. The van der Waals surface area contributed by atoms with Gasteiger partial charge in [-0.25, -0.2) is 8.42 Å². The van der Waals surface area contributed by atoms with E-state index in [4.69, 9.17) is 10.5 Å². The van der Waals surface area contributed by atoms with Crippen molar-refractivity contribution in [1.29, 1.82) is 0 Å². The molecule has 1 aromatic rings. The number of rotatable bonds is 2. The summed E-state index contributed by atoms with van der Waals surface area (Å²) in [4.78, 5) is 0.212. The molecule has 106 valence electrons. The highest BCUT2D eigenvalue weighted by atomic mass is 79.9. The third kappa shape index (κ3) is 3.30. The highest BCUT2D eigenvalue weighted by Crippen LogP contribution is 2.34. The summed E-state index contributed by atoms with van der Waals surface area (Å²) in [5.41, 5.74) is 6.18. The van der Waals surface area contributed by atoms with E-state index in [1.165, 1.54) is 4.31 Å². The Morgan fingerprint density at radius 1 is 1.16 bits per heavy atom. The van der Waals surface area contributed by atoms with Gasteiger partial charge in [-0.2, -0.15) is 4.31 Å². The molecular formula is C11H14Br2N2O3S. The zero-order chi connectivity index (χ0) is 14.0. The zero-order valence-electron chi connectivity index (χ0n) is 10.1. The highest BCUT2D eigenvalue weighted by molar-refractivity contribution is 9.11. The Hall–Kier alpha value is -0.150. The highest BCUT2D eigenvalue weighted by Gasteiger charge is 2.29. The van der Waals surface area contributed by atoms with Crippen LogP contribution in [0.15, 0.2) is 26.0 Å². The first-order chi connectivity index (χ1) is 8.93. The van der Waals surface area contributed by atoms with Gasteiger partial charge in [0.2, 0.25) is 10.0 Å². The average molecular weight is 414 g/mol. The van der Waals surface area contributed by atoms with Crippen LogP contribution < -0.4 is 5.73 Å². The van der Waals surface area contributed by atoms with Gasteiger partial charge in [-0.3, -0.25) is 0 Å². The van der Waals surface area contributed by atoms with E-state index in [2.05, 4.69) is 31.9 Å². The number of benzene rings is 1. The summed E-state index contributed by atoms with van der Waals surface area (Å²) in [6.45, 7) is 1.84. The molecule has 0 aromatic heterocycles. The summed E-state index contributed by atoms with van der Waals surface area (Å²) in [6, 6.07) is 3.18. The summed E-state index contributed by atoms with van der Waals surface area (Å²) in [7, 11) is -3.56. The van der Waals surface area contributed by atoms with E-state index in [0.29, 0.717) is 47.4 Å². The number of nitrogens with zero attached hydrogens (tertiary/aromatic N) is 1. The number of sulfonamides is 1. The number of hydrogen-bond donors (Lipinski definition) is 1. The maximum Gasteiger partial charge on any atom is 0.245 e. The minimum absolute atomic E-state index is 0.212. The van der Waals surface area contributed by atoms with Gasteiger partial charge in [-0.05, 0) is 50.4 Å². The van der Waals surface area contributed by atoms with Crippen molar-refractivity contribution in [2.75, 3.05) is 32.0 Å². The van der Waals surface area contributed by atoms with Crippen molar-refractivity contribution in [3.8, 4) is 0 Å². The fourth-order valence-corrected chi connectivity index (χ4v) is 5.92. The predicted octanol–water partition coefficient (Wildman–Crippen LogP) is 2.20. The van der Waals surface area contributed by atoms with E-state index in [-0.39, 0.29) is 4.90 Å². The molecule has 1 aliphatic heterocycles. The van der Waals surface area contributed by atoms with Crippen LogP contribution in [-0.4, -0.2) is 39.0 Å². The fourth-order valence-electron chi connectivity index (χ4n) is 1.92. The summed E-state index contributed by atoms with van der Waals surface area (Å²) >= 11 is 6.55.